The van der Waals surface area contributed by atoms with Crippen LogP contribution < -0.4 is 10.2 Å². The maximum atomic E-state index is 12.7. The summed E-state index contributed by atoms with van der Waals surface area (Å²) in [5, 5.41) is 12.7. The molecule has 1 aromatic carbocycles. The van der Waals surface area contributed by atoms with E-state index in [-0.39, 0.29) is 11.8 Å². The van der Waals surface area contributed by atoms with Crippen LogP contribution in [0.15, 0.2) is 24.3 Å². The summed E-state index contributed by atoms with van der Waals surface area (Å²) in [4.78, 5) is 28.7. The summed E-state index contributed by atoms with van der Waals surface area (Å²) >= 11 is 0. The molecule has 24 heavy (non-hydrogen) atoms. The standard InChI is InChI=1S/C18H25N3O3/c1-20(2)14-5-3-13(4-6-14)16(23)21-9-7-18(8-10-21)11-15(22)12-19-17(18)24/h3-6,15,22H,7-12H2,1-2H3,(H,19,24). The Morgan fingerprint density at radius 1 is 1.25 bits per heavy atom. The largest absolute Gasteiger partial charge is 0.391 e. The van der Waals surface area contributed by atoms with E-state index in [1.54, 1.807) is 0 Å². The van der Waals surface area contributed by atoms with E-state index in [4.69, 9.17) is 0 Å². The van der Waals surface area contributed by atoms with Crippen molar-refractivity contribution in [1.82, 2.24) is 10.2 Å². The summed E-state index contributed by atoms with van der Waals surface area (Å²) in [6.07, 6.45) is 1.23. The number of nitrogens with one attached hydrogen (secondary N) is 1. The zero-order valence-electron chi connectivity index (χ0n) is 14.3. The van der Waals surface area contributed by atoms with Crippen molar-refractivity contribution >= 4 is 17.5 Å². The Balaban J connectivity index is 1.65. The van der Waals surface area contributed by atoms with Gasteiger partial charge in [-0.25, -0.2) is 0 Å². The number of rotatable bonds is 2. The van der Waals surface area contributed by atoms with Crippen molar-refractivity contribution in [1.29, 1.82) is 0 Å². The van der Waals surface area contributed by atoms with E-state index < -0.39 is 11.5 Å². The highest BCUT2D eigenvalue weighted by molar-refractivity contribution is 5.95. The summed E-state index contributed by atoms with van der Waals surface area (Å²) in [6.45, 7) is 1.43. The number of β-amino-alcohol motifs (C(OH)–C–C–N with tert-alkyl or cyclic N) is 1. The Morgan fingerprint density at radius 3 is 2.46 bits per heavy atom. The van der Waals surface area contributed by atoms with Crippen LogP contribution in [0.2, 0.25) is 0 Å². The van der Waals surface area contributed by atoms with E-state index in [0.29, 0.717) is 44.5 Å². The molecule has 0 aliphatic carbocycles. The average molecular weight is 331 g/mol. The van der Waals surface area contributed by atoms with Crippen LogP contribution in [0.25, 0.3) is 0 Å². The van der Waals surface area contributed by atoms with Crippen LogP contribution in [0.3, 0.4) is 0 Å². The predicted octanol–water partition coefficient (Wildman–Crippen LogP) is 0.856. The number of anilines is 1. The highest BCUT2D eigenvalue weighted by Gasteiger charge is 2.45. The molecule has 1 aromatic rings. The second-order valence-electron chi connectivity index (χ2n) is 7.08. The van der Waals surface area contributed by atoms with Crippen molar-refractivity contribution in [3.63, 3.8) is 0 Å². The quantitative estimate of drug-likeness (QED) is 0.843. The summed E-state index contributed by atoms with van der Waals surface area (Å²) in [6, 6.07) is 7.56. The number of amides is 2. The molecule has 0 aromatic heterocycles. The van der Waals surface area contributed by atoms with Gasteiger partial charge in [0.15, 0.2) is 0 Å². The van der Waals surface area contributed by atoms with Gasteiger partial charge >= 0.3 is 0 Å². The molecule has 2 saturated heterocycles. The summed E-state index contributed by atoms with van der Waals surface area (Å²) in [5.74, 6) is 0.0298. The first-order valence-electron chi connectivity index (χ1n) is 8.44. The Hall–Kier alpha value is -2.08. The lowest BCUT2D eigenvalue weighted by Gasteiger charge is -2.44. The maximum absolute atomic E-state index is 12.7. The number of hydrogen-bond acceptors (Lipinski definition) is 4. The number of benzene rings is 1. The predicted molar refractivity (Wildman–Crippen MR) is 92.0 cm³/mol. The zero-order valence-corrected chi connectivity index (χ0v) is 14.3. The van der Waals surface area contributed by atoms with Crippen LogP contribution in [-0.2, 0) is 4.79 Å². The number of aliphatic hydroxyl groups excluding tert-OH is 1. The van der Waals surface area contributed by atoms with E-state index in [1.165, 1.54) is 0 Å². The molecule has 1 unspecified atom stereocenters. The lowest BCUT2D eigenvalue weighted by molar-refractivity contribution is -0.140. The van der Waals surface area contributed by atoms with Gasteiger partial charge in [0, 0.05) is 45.0 Å². The highest BCUT2D eigenvalue weighted by atomic mass is 16.3. The number of carbonyl (C=O) groups excluding carboxylic acids is 2. The summed E-state index contributed by atoms with van der Waals surface area (Å²) in [7, 11) is 3.93. The van der Waals surface area contributed by atoms with Gasteiger partial charge < -0.3 is 20.2 Å². The minimum atomic E-state index is -0.511. The first kappa shape index (κ1) is 16.8. The first-order chi connectivity index (χ1) is 11.4. The van der Waals surface area contributed by atoms with Crippen molar-refractivity contribution in [2.24, 2.45) is 5.41 Å². The second-order valence-corrected chi connectivity index (χ2v) is 7.08. The normalized spacial score (nSPS) is 23.0. The number of aliphatic hydroxyl groups is 1. The lowest BCUT2D eigenvalue weighted by atomic mass is 9.71. The minimum absolute atomic E-state index is 0.00641. The molecule has 2 amide bonds. The van der Waals surface area contributed by atoms with Crippen molar-refractivity contribution in [3.05, 3.63) is 29.8 Å². The van der Waals surface area contributed by atoms with E-state index >= 15 is 0 Å². The maximum Gasteiger partial charge on any atom is 0.253 e. The summed E-state index contributed by atoms with van der Waals surface area (Å²) in [5.41, 5.74) is 1.21. The number of nitrogens with zero attached hydrogens (tertiary/aromatic N) is 2. The Morgan fingerprint density at radius 2 is 1.88 bits per heavy atom. The Kier molecular flexibility index (Phi) is 4.49. The smallest absolute Gasteiger partial charge is 0.253 e. The van der Waals surface area contributed by atoms with Gasteiger partial charge in [-0.3, -0.25) is 9.59 Å². The Bertz CT molecular complexity index is 619. The second kappa shape index (κ2) is 6.43. The fourth-order valence-corrected chi connectivity index (χ4v) is 3.67. The molecule has 0 saturated carbocycles. The van der Waals surface area contributed by atoms with Crippen LogP contribution in [0, 0.1) is 5.41 Å². The fourth-order valence-electron chi connectivity index (χ4n) is 3.67. The molecule has 3 rings (SSSR count). The SMILES string of the molecule is CN(C)c1ccc(C(=O)N2CCC3(CC2)CC(O)CNC3=O)cc1. The molecule has 2 heterocycles. The monoisotopic (exact) mass is 331 g/mol. The number of likely N-dealkylation sites (tertiary alicyclic amines) is 1. The fraction of sp³-hybridized carbons (Fsp3) is 0.556. The molecule has 0 radical (unpaired) electrons. The molecule has 2 aliphatic rings. The van der Waals surface area contributed by atoms with Crippen molar-refractivity contribution in [3.8, 4) is 0 Å². The molecule has 130 valence electrons. The average Bonchev–Trinajstić information content (AvgIpc) is 2.59. The van der Waals surface area contributed by atoms with Gasteiger partial charge in [-0.05, 0) is 43.5 Å². The van der Waals surface area contributed by atoms with Crippen LogP contribution in [-0.4, -0.2) is 61.7 Å². The van der Waals surface area contributed by atoms with Gasteiger partial charge in [-0.1, -0.05) is 0 Å². The van der Waals surface area contributed by atoms with Crippen LogP contribution in [0.4, 0.5) is 5.69 Å². The minimum Gasteiger partial charge on any atom is -0.391 e. The van der Waals surface area contributed by atoms with Crippen molar-refractivity contribution in [2.75, 3.05) is 38.6 Å². The van der Waals surface area contributed by atoms with Crippen molar-refractivity contribution in [2.45, 2.75) is 25.4 Å². The van der Waals surface area contributed by atoms with Crippen LogP contribution >= 0.6 is 0 Å². The molecule has 6 heteroatoms. The molecule has 0 bridgehead atoms. The van der Waals surface area contributed by atoms with Gasteiger partial charge in [-0.15, -0.1) is 0 Å². The third-order valence-electron chi connectivity index (χ3n) is 5.24. The molecule has 2 aliphatic heterocycles. The van der Waals surface area contributed by atoms with E-state index in [2.05, 4.69) is 5.32 Å². The van der Waals surface area contributed by atoms with E-state index in [9.17, 15) is 14.7 Å². The molecule has 1 atom stereocenters. The van der Waals surface area contributed by atoms with Crippen molar-refractivity contribution < 1.29 is 14.7 Å². The van der Waals surface area contributed by atoms with Crippen LogP contribution in [0.1, 0.15) is 29.6 Å². The molecular formula is C18H25N3O3. The molecule has 2 N–H and O–H groups in total. The lowest BCUT2D eigenvalue weighted by Crippen LogP contribution is -2.56. The van der Waals surface area contributed by atoms with Gasteiger partial charge in [0.1, 0.15) is 0 Å². The summed E-state index contributed by atoms with van der Waals surface area (Å²) < 4.78 is 0. The molecular weight excluding hydrogens is 306 g/mol. The third kappa shape index (κ3) is 3.11. The number of hydrogen-bond donors (Lipinski definition) is 2. The Labute approximate surface area is 142 Å². The molecule has 1 spiro atoms. The van der Waals surface area contributed by atoms with E-state index in [1.807, 2.05) is 48.2 Å². The van der Waals surface area contributed by atoms with E-state index in [0.717, 1.165) is 5.69 Å². The molecule has 6 nitrogen and oxygen atoms in total. The molecule has 2 fully saturated rings. The zero-order chi connectivity index (χ0) is 17.3. The highest BCUT2D eigenvalue weighted by Crippen LogP contribution is 2.38. The number of piperidine rings is 2. The third-order valence-corrected chi connectivity index (χ3v) is 5.24. The first-order valence-corrected chi connectivity index (χ1v) is 8.44. The topological polar surface area (TPSA) is 72.9 Å². The van der Waals surface area contributed by atoms with Gasteiger partial charge in [-0.2, -0.15) is 0 Å². The van der Waals surface area contributed by atoms with Gasteiger partial charge in [0.25, 0.3) is 5.91 Å². The number of carbonyl (C=O) groups is 2. The van der Waals surface area contributed by atoms with Crippen LogP contribution in [0.5, 0.6) is 0 Å². The van der Waals surface area contributed by atoms with Gasteiger partial charge in [0.2, 0.25) is 5.91 Å². The van der Waals surface area contributed by atoms with Gasteiger partial charge in [0.05, 0.1) is 11.5 Å².